The third-order valence-electron chi connectivity index (χ3n) is 2.04. The van der Waals surface area contributed by atoms with Gasteiger partial charge in [-0.1, -0.05) is 21.1 Å². The lowest BCUT2D eigenvalue weighted by Gasteiger charge is -2.07. The summed E-state index contributed by atoms with van der Waals surface area (Å²) >= 11 is 3.32. The quantitative estimate of drug-likeness (QED) is 0.392. The average Bonchev–Trinajstić information content (AvgIpc) is 2.41. The molecule has 0 aliphatic heterocycles. The fourth-order valence-corrected chi connectivity index (χ4v) is 1.50. The van der Waals surface area contributed by atoms with Crippen molar-refractivity contribution >= 4 is 21.8 Å². The summed E-state index contributed by atoms with van der Waals surface area (Å²) in [5.74, 6) is 0.594. The zero-order chi connectivity index (χ0) is 13.0. The van der Waals surface area contributed by atoms with Gasteiger partial charge in [0.2, 0.25) is 5.88 Å². The second-order valence-electron chi connectivity index (χ2n) is 3.25. The number of halogens is 1. The van der Waals surface area contributed by atoms with E-state index in [0.717, 1.165) is 4.47 Å². The number of aromatic nitrogens is 2. The number of oxime groups is 1. The zero-order valence-electron chi connectivity index (χ0n) is 9.12. The maximum absolute atomic E-state index is 8.65. The molecule has 0 atom stereocenters. The van der Waals surface area contributed by atoms with Crippen molar-refractivity contribution in [1.29, 1.82) is 0 Å². The van der Waals surface area contributed by atoms with Gasteiger partial charge < -0.3 is 15.7 Å². The molecule has 0 unspecified atom stereocenters. The van der Waals surface area contributed by atoms with E-state index in [1.54, 1.807) is 12.1 Å². The van der Waals surface area contributed by atoms with Crippen molar-refractivity contribution in [1.82, 2.24) is 9.97 Å². The first kappa shape index (κ1) is 12.3. The van der Waals surface area contributed by atoms with Gasteiger partial charge in [-0.3, -0.25) is 0 Å². The molecule has 0 fully saturated rings. The molecular formula is C11H9BrN4O2. The van der Waals surface area contributed by atoms with Crippen LogP contribution in [0.15, 0.2) is 46.3 Å². The number of nitrogens with two attached hydrogens (primary N) is 1. The monoisotopic (exact) mass is 308 g/mol. The molecule has 2 rings (SSSR count). The lowest BCUT2D eigenvalue weighted by atomic mass is 10.3. The van der Waals surface area contributed by atoms with E-state index in [1.807, 2.05) is 12.1 Å². The van der Waals surface area contributed by atoms with Gasteiger partial charge >= 0.3 is 0 Å². The Morgan fingerprint density at radius 1 is 1.22 bits per heavy atom. The second kappa shape index (κ2) is 5.46. The second-order valence-corrected chi connectivity index (χ2v) is 4.17. The highest BCUT2D eigenvalue weighted by Crippen LogP contribution is 2.23. The molecule has 2 aromatic rings. The number of ether oxygens (including phenoxy) is 1. The summed E-state index contributed by atoms with van der Waals surface area (Å²) in [4.78, 5) is 7.95. The molecule has 0 saturated heterocycles. The predicted octanol–water partition coefficient (Wildman–Crippen LogP) is 2.13. The van der Waals surface area contributed by atoms with Crippen molar-refractivity contribution < 1.29 is 9.94 Å². The van der Waals surface area contributed by atoms with Crippen molar-refractivity contribution in [2.45, 2.75) is 0 Å². The molecular weight excluding hydrogens is 300 g/mol. The highest BCUT2D eigenvalue weighted by atomic mass is 79.9. The normalized spacial score (nSPS) is 11.3. The van der Waals surface area contributed by atoms with Crippen LogP contribution in [0.1, 0.15) is 5.69 Å². The third kappa shape index (κ3) is 2.75. The standard InChI is InChI=1S/C11H9BrN4O2/c12-7-1-3-8(4-2-7)18-11-9(10(13)16-17)14-5-6-15-11/h1-6,17H,(H2,13,16). The minimum atomic E-state index is -0.157. The molecule has 92 valence electrons. The summed E-state index contributed by atoms with van der Waals surface area (Å²) in [6.07, 6.45) is 2.89. The van der Waals surface area contributed by atoms with Crippen LogP contribution in [-0.4, -0.2) is 21.0 Å². The number of rotatable bonds is 3. The zero-order valence-corrected chi connectivity index (χ0v) is 10.7. The highest BCUT2D eigenvalue weighted by molar-refractivity contribution is 9.10. The Hall–Kier alpha value is -2.15. The minimum Gasteiger partial charge on any atom is -0.437 e. The molecule has 7 heteroatoms. The van der Waals surface area contributed by atoms with E-state index in [-0.39, 0.29) is 17.4 Å². The van der Waals surface area contributed by atoms with Crippen LogP contribution < -0.4 is 10.5 Å². The summed E-state index contributed by atoms with van der Waals surface area (Å²) in [6.45, 7) is 0. The fraction of sp³-hybridized carbons (Fsp3) is 0. The van der Waals surface area contributed by atoms with Crippen LogP contribution in [0.3, 0.4) is 0 Å². The average molecular weight is 309 g/mol. The summed E-state index contributed by atoms with van der Waals surface area (Å²) < 4.78 is 6.46. The molecule has 0 spiro atoms. The van der Waals surface area contributed by atoms with E-state index in [0.29, 0.717) is 5.75 Å². The smallest absolute Gasteiger partial charge is 0.249 e. The van der Waals surface area contributed by atoms with Crippen LogP contribution in [0.4, 0.5) is 0 Å². The summed E-state index contributed by atoms with van der Waals surface area (Å²) in [7, 11) is 0. The largest absolute Gasteiger partial charge is 0.437 e. The summed E-state index contributed by atoms with van der Waals surface area (Å²) in [5, 5.41) is 11.5. The summed E-state index contributed by atoms with van der Waals surface area (Å²) in [5.41, 5.74) is 5.67. The van der Waals surface area contributed by atoms with Gasteiger partial charge in [0.05, 0.1) is 0 Å². The maximum atomic E-state index is 8.65. The van der Waals surface area contributed by atoms with Crippen molar-refractivity contribution in [3.8, 4) is 11.6 Å². The SMILES string of the molecule is NC(=NO)c1nccnc1Oc1ccc(Br)cc1. The van der Waals surface area contributed by atoms with Gasteiger partial charge in [0, 0.05) is 16.9 Å². The molecule has 0 saturated carbocycles. The van der Waals surface area contributed by atoms with Crippen molar-refractivity contribution in [2.24, 2.45) is 10.9 Å². The van der Waals surface area contributed by atoms with Gasteiger partial charge in [-0.2, -0.15) is 0 Å². The highest BCUT2D eigenvalue weighted by Gasteiger charge is 2.11. The van der Waals surface area contributed by atoms with Gasteiger partial charge in [0.15, 0.2) is 11.5 Å². The van der Waals surface area contributed by atoms with E-state index >= 15 is 0 Å². The van der Waals surface area contributed by atoms with Crippen LogP contribution in [-0.2, 0) is 0 Å². The Labute approximate surface area is 111 Å². The first-order chi connectivity index (χ1) is 8.70. The van der Waals surface area contributed by atoms with Crippen LogP contribution >= 0.6 is 15.9 Å². The molecule has 6 nitrogen and oxygen atoms in total. The molecule has 1 aromatic heterocycles. The topological polar surface area (TPSA) is 93.6 Å². The van der Waals surface area contributed by atoms with E-state index in [1.165, 1.54) is 12.4 Å². The fourth-order valence-electron chi connectivity index (χ4n) is 1.24. The first-order valence-corrected chi connectivity index (χ1v) is 5.72. The molecule has 0 aliphatic carbocycles. The Balaban J connectivity index is 2.32. The van der Waals surface area contributed by atoms with Crippen molar-refractivity contribution in [3.05, 3.63) is 46.8 Å². The van der Waals surface area contributed by atoms with E-state index in [2.05, 4.69) is 31.1 Å². The van der Waals surface area contributed by atoms with Gasteiger partial charge in [-0.15, -0.1) is 0 Å². The molecule has 0 aliphatic rings. The van der Waals surface area contributed by atoms with Crippen molar-refractivity contribution in [3.63, 3.8) is 0 Å². The van der Waals surface area contributed by atoms with Crippen LogP contribution in [0, 0.1) is 0 Å². The molecule has 0 bridgehead atoms. The minimum absolute atomic E-state index is 0.157. The van der Waals surface area contributed by atoms with Crippen LogP contribution in [0.25, 0.3) is 0 Å². The molecule has 0 radical (unpaired) electrons. The number of hydrogen-bond donors (Lipinski definition) is 2. The lowest BCUT2D eigenvalue weighted by Crippen LogP contribution is -2.16. The molecule has 18 heavy (non-hydrogen) atoms. The Morgan fingerprint density at radius 3 is 2.56 bits per heavy atom. The Kier molecular flexibility index (Phi) is 3.73. The molecule has 3 N–H and O–H groups in total. The van der Waals surface area contributed by atoms with Gasteiger partial charge in [-0.25, -0.2) is 9.97 Å². The molecule has 1 aromatic carbocycles. The molecule has 1 heterocycles. The van der Waals surface area contributed by atoms with Crippen LogP contribution in [0.5, 0.6) is 11.6 Å². The summed E-state index contributed by atoms with van der Waals surface area (Å²) in [6, 6.07) is 7.17. The predicted molar refractivity (Wildman–Crippen MR) is 68.8 cm³/mol. The van der Waals surface area contributed by atoms with Gasteiger partial charge in [0.25, 0.3) is 0 Å². The molecule has 0 amide bonds. The van der Waals surface area contributed by atoms with Gasteiger partial charge in [-0.05, 0) is 24.3 Å². The maximum Gasteiger partial charge on any atom is 0.249 e. The first-order valence-electron chi connectivity index (χ1n) is 4.93. The van der Waals surface area contributed by atoms with Crippen LogP contribution in [0.2, 0.25) is 0 Å². The number of hydrogen-bond acceptors (Lipinski definition) is 5. The number of benzene rings is 1. The third-order valence-corrected chi connectivity index (χ3v) is 2.57. The van der Waals surface area contributed by atoms with Crippen molar-refractivity contribution in [2.75, 3.05) is 0 Å². The Morgan fingerprint density at radius 2 is 1.89 bits per heavy atom. The number of nitrogens with zero attached hydrogens (tertiary/aromatic N) is 3. The van der Waals surface area contributed by atoms with E-state index in [9.17, 15) is 0 Å². The lowest BCUT2D eigenvalue weighted by molar-refractivity contribution is 0.318. The Bertz CT molecular complexity index is 572. The van der Waals surface area contributed by atoms with E-state index < -0.39 is 0 Å². The number of amidine groups is 1. The van der Waals surface area contributed by atoms with Gasteiger partial charge in [0.1, 0.15) is 5.75 Å². The van der Waals surface area contributed by atoms with E-state index in [4.69, 9.17) is 15.7 Å².